The predicted octanol–water partition coefficient (Wildman–Crippen LogP) is 6.66. The van der Waals surface area contributed by atoms with Crippen LogP contribution in [-0.4, -0.2) is 10.2 Å². The second-order valence-electron chi connectivity index (χ2n) is 8.00. The highest BCUT2D eigenvalue weighted by atomic mass is 35.5. The topological polar surface area (TPSA) is 46.0 Å². The zero-order valence-corrected chi connectivity index (χ0v) is 17.9. The SMILES string of the molecule is O=c1[nH]c2c(s1)[C@H](c1ccc(-c3cc(Cl)ccc3Cl)o1)[C@H]1[C@H]3CC[C@@H](C3)[C@H]1S2. The van der Waals surface area contributed by atoms with Crippen LogP contribution >= 0.6 is 46.3 Å². The van der Waals surface area contributed by atoms with Gasteiger partial charge in [-0.3, -0.25) is 4.79 Å². The van der Waals surface area contributed by atoms with Crippen LogP contribution in [-0.2, 0) is 0 Å². The summed E-state index contributed by atoms with van der Waals surface area (Å²) in [6.45, 7) is 0. The van der Waals surface area contributed by atoms with Crippen LogP contribution in [0.2, 0.25) is 10.0 Å². The number of fused-ring (bicyclic) bond motifs is 6. The Labute approximate surface area is 180 Å². The van der Waals surface area contributed by atoms with Crippen molar-refractivity contribution in [3.8, 4) is 11.3 Å². The first kappa shape index (κ1) is 17.7. The molecule has 2 aromatic heterocycles. The number of aromatic amines is 1. The largest absolute Gasteiger partial charge is 0.460 e. The standard InChI is InChI=1S/C21H17Cl2NO2S2/c22-11-3-4-13(23)12(8-11)14-5-6-15(26-14)17-16-9-1-2-10(7-9)18(16)27-20-19(17)28-21(25)24-20/h3-6,8-10,16-18H,1-2,7H2,(H,24,25)/t9-,10-,16+,17+,18+/m0/s1. The Kier molecular flexibility index (Phi) is 4.06. The lowest BCUT2D eigenvalue weighted by atomic mass is 9.77. The molecule has 0 radical (unpaired) electrons. The minimum atomic E-state index is 0.0273. The van der Waals surface area contributed by atoms with E-state index in [2.05, 4.69) is 11.1 Å². The van der Waals surface area contributed by atoms with Gasteiger partial charge in [-0.1, -0.05) is 34.5 Å². The quantitative estimate of drug-likeness (QED) is 0.475. The number of thiazole rings is 1. The van der Waals surface area contributed by atoms with Gasteiger partial charge in [0.1, 0.15) is 11.5 Å². The molecule has 3 nitrogen and oxygen atoms in total. The summed E-state index contributed by atoms with van der Waals surface area (Å²) in [5, 5.41) is 2.87. The number of benzene rings is 1. The van der Waals surface area contributed by atoms with Crippen LogP contribution in [0.15, 0.2) is 44.6 Å². The van der Waals surface area contributed by atoms with Gasteiger partial charge in [0.2, 0.25) is 0 Å². The molecular weight excluding hydrogens is 433 g/mol. The average molecular weight is 450 g/mol. The maximum Gasteiger partial charge on any atom is 0.305 e. The van der Waals surface area contributed by atoms with Gasteiger partial charge >= 0.3 is 4.87 Å². The van der Waals surface area contributed by atoms with Crippen molar-refractivity contribution in [2.75, 3.05) is 0 Å². The molecule has 3 aromatic rings. The third-order valence-electron chi connectivity index (χ3n) is 6.59. The summed E-state index contributed by atoms with van der Waals surface area (Å²) in [6, 6.07) is 9.44. The highest BCUT2D eigenvalue weighted by molar-refractivity contribution is 8.00. The van der Waals surface area contributed by atoms with Crippen LogP contribution < -0.4 is 4.87 Å². The summed E-state index contributed by atoms with van der Waals surface area (Å²) in [5.74, 6) is 3.83. The van der Waals surface area contributed by atoms with Crippen molar-refractivity contribution in [3.63, 3.8) is 0 Å². The van der Waals surface area contributed by atoms with Gasteiger partial charge in [-0.2, -0.15) is 0 Å². The Bertz CT molecular complexity index is 1130. The van der Waals surface area contributed by atoms with E-state index in [1.165, 1.54) is 30.6 Å². The molecule has 28 heavy (non-hydrogen) atoms. The normalized spacial score (nSPS) is 30.4. The molecular formula is C21H17Cl2NO2S2. The highest BCUT2D eigenvalue weighted by Crippen LogP contribution is 2.63. The maximum atomic E-state index is 12.1. The van der Waals surface area contributed by atoms with Crippen LogP contribution in [0.3, 0.4) is 0 Å². The van der Waals surface area contributed by atoms with E-state index in [0.29, 0.717) is 21.2 Å². The molecule has 3 aliphatic rings. The van der Waals surface area contributed by atoms with Crippen molar-refractivity contribution in [2.24, 2.45) is 17.8 Å². The highest BCUT2D eigenvalue weighted by Gasteiger charge is 2.55. The summed E-state index contributed by atoms with van der Waals surface area (Å²) in [7, 11) is 0. The number of rotatable bonds is 2. The Hall–Kier alpha value is -1.14. The number of aromatic nitrogens is 1. The van der Waals surface area contributed by atoms with Gasteiger partial charge in [-0.05, 0) is 67.3 Å². The first-order valence-electron chi connectivity index (χ1n) is 9.53. The van der Waals surface area contributed by atoms with Crippen molar-refractivity contribution >= 4 is 46.3 Å². The molecule has 2 bridgehead atoms. The second kappa shape index (κ2) is 6.43. The number of H-pyrrole nitrogens is 1. The molecule has 3 heterocycles. The molecule has 0 saturated heterocycles. The van der Waals surface area contributed by atoms with Crippen LogP contribution in [0.5, 0.6) is 0 Å². The van der Waals surface area contributed by atoms with E-state index in [4.69, 9.17) is 27.6 Å². The van der Waals surface area contributed by atoms with Crippen LogP contribution in [0.4, 0.5) is 0 Å². The van der Waals surface area contributed by atoms with Crippen molar-refractivity contribution in [1.82, 2.24) is 4.98 Å². The van der Waals surface area contributed by atoms with E-state index < -0.39 is 0 Å². The lowest BCUT2D eigenvalue weighted by Gasteiger charge is -2.38. The number of furan rings is 1. The minimum absolute atomic E-state index is 0.0273. The third kappa shape index (κ3) is 2.59. The van der Waals surface area contributed by atoms with Crippen molar-refractivity contribution < 1.29 is 4.42 Å². The van der Waals surface area contributed by atoms with Crippen molar-refractivity contribution in [1.29, 1.82) is 0 Å². The smallest absolute Gasteiger partial charge is 0.305 e. The number of halogens is 2. The number of hydrogen-bond acceptors (Lipinski definition) is 4. The van der Waals surface area contributed by atoms with E-state index in [1.54, 1.807) is 12.1 Å². The van der Waals surface area contributed by atoms with Gasteiger partial charge in [0.25, 0.3) is 0 Å². The monoisotopic (exact) mass is 449 g/mol. The number of nitrogens with one attached hydrogen (secondary N) is 1. The Morgan fingerprint density at radius 1 is 1.11 bits per heavy atom. The average Bonchev–Trinajstić information content (AvgIpc) is 3.44. The summed E-state index contributed by atoms with van der Waals surface area (Å²) in [6.07, 6.45) is 3.92. The molecule has 2 saturated carbocycles. The van der Waals surface area contributed by atoms with Crippen LogP contribution in [0, 0.1) is 17.8 Å². The Morgan fingerprint density at radius 3 is 2.86 bits per heavy atom. The molecule has 0 amide bonds. The lowest BCUT2D eigenvalue weighted by molar-refractivity contribution is 0.285. The molecule has 2 aliphatic carbocycles. The first-order valence-corrected chi connectivity index (χ1v) is 12.0. The number of hydrogen-bond donors (Lipinski definition) is 1. The van der Waals surface area contributed by atoms with E-state index >= 15 is 0 Å². The predicted molar refractivity (Wildman–Crippen MR) is 115 cm³/mol. The number of thioether (sulfide) groups is 1. The molecule has 5 atom stereocenters. The summed E-state index contributed by atoms with van der Waals surface area (Å²) < 4.78 is 6.37. The molecule has 0 spiro atoms. The van der Waals surface area contributed by atoms with Gasteiger partial charge in [-0.25, -0.2) is 0 Å². The first-order chi connectivity index (χ1) is 13.6. The second-order valence-corrected chi connectivity index (χ2v) is 11.1. The molecule has 1 aromatic carbocycles. The molecule has 1 N–H and O–H groups in total. The van der Waals surface area contributed by atoms with Gasteiger partial charge in [0.15, 0.2) is 0 Å². The fraction of sp³-hybridized carbons (Fsp3) is 0.381. The molecule has 7 heteroatoms. The molecule has 1 aliphatic heterocycles. The summed E-state index contributed by atoms with van der Waals surface area (Å²) >= 11 is 15.8. The van der Waals surface area contributed by atoms with Gasteiger partial charge in [0, 0.05) is 15.8 Å². The maximum absolute atomic E-state index is 12.1. The van der Waals surface area contributed by atoms with Gasteiger partial charge in [0.05, 0.1) is 20.8 Å². The van der Waals surface area contributed by atoms with Gasteiger partial charge in [-0.15, -0.1) is 11.8 Å². The van der Waals surface area contributed by atoms with Gasteiger partial charge < -0.3 is 9.40 Å². The minimum Gasteiger partial charge on any atom is -0.460 e. The fourth-order valence-corrected chi connectivity index (χ4v) is 8.78. The fourth-order valence-electron chi connectivity index (χ4n) is 5.52. The van der Waals surface area contributed by atoms with E-state index in [1.807, 2.05) is 23.9 Å². The lowest BCUT2D eigenvalue weighted by Crippen LogP contribution is -2.33. The molecule has 6 rings (SSSR count). The molecule has 2 fully saturated rings. The van der Waals surface area contributed by atoms with E-state index in [0.717, 1.165) is 38.8 Å². The Morgan fingerprint density at radius 2 is 1.96 bits per heavy atom. The van der Waals surface area contributed by atoms with Crippen LogP contribution in [0.1, 0.15) is 35.8 Å². The zero-order chi connectivity index (χ0) is 19.0. The molecule has 144 valence electrons. The zero-order valence-electron chi connectivity index (χ0n) is 14.8. The van der Waals surface area contributed by atoms with E-state index in [9.17, 15) is 4.79 Å². The Balaban J connectivity index is 1.47. The third-order valence-corrected chi connectivity index (χ3v) is 9.78. The summed E-state index contributed by atoms with van der Waals surface area (Å²) in [5.41, 5.74) is 0.803. The van der Waals surface area contributed by atoms with Crippen LogP contribution in [0.25, 0.3) is 11.3 Å². The summed E-state index contributed by atoms with van der Waals surface area (Å²) in [4.78, 5) is 16.4. The molecule has 0 unspecified atom stereocenters. The van der Waals surface area contributed by atoms with E-state index in [-0.39, 0.29) is 10.8 Å². The van der Waals surface area contributed by atoms with Crippen molar-refractivity contribution in [3.05, 3.63) is 60.7 Å². The van der Waals surface area contributed by atoms with Crippen molar-refractivity contribution in [2.45, 2.75) is 35.5 Å².